The average Bonchev–Trinajstić information content (AvgIpc) is 2.10. The molecule has 0 aliphatic heterocycles. The van der Waals surface area contributed by atoms with E-state index in [-0.39, 0.29) is 6.61 Å². The van der Waals surface area contributed by atoms with Gasteiger partial charge in [0.2, 0.25) is 0 Å². The van der Waals surface area contributed by atoms with Crippen LogP contribution in [0, 0.1) is 0 Å². The van der Waals surface area contributed by atoms with Crippen molar-refractivity contribution in [3.8, 4) is 0 Å². The van der Waals surface area contributed by atoms with Gasteiger partial charge >= 0.3 is 6.18 Å². The third-order valence-corrected chi connectivity index (χ3v) is 0.614. The summed E-state index contributed by atoms with van der Waals surface area (Å²) < 4.78 is 38.0. The molecule has 0 aromatic carbocycles. The maximum absolute atomic E-state index is 11.3. The number of alkyl halides is 3. The van der Waals surface area contributed by atoms with Gasteiger partial charge in [0.05, 0.1) is 0 Å². The number of halogens is 3. The third kappa shape index (κ3) is 33.8. The van der Waals surface area contributed by atoms with Crippen molar-refractivity contribution in [3.63, 3.8) is 0 Å². The molecule has 0 saturated heterocycles. The zero-order chi connectivity index (χ0) is 11.3. The topological polar surface area (TPSA) is 9.23 Å². The SMILES string of the molecule is CC.CC.CCCOCC(F)(F)F. The Morgan fingerprint density at radius 3 is 1.62 bits per heavy atom. The van der Waals surface area contributed by atoms with Crippen LogP contribution in [0.4, 0.5) is 13.2 Å². The molecule has 0 unspecified atom stereocenters. The van der Waals surface area contributed by atoms with Crippen LogP contribution in [0.5, 0.6) is 0 Å². The first kappa shape index (κ1) is 18.5. The number of hydrogen-bond acceptors (Lipinski definition) is 1. The minimum absolute atomic E-state index is 0.180. The minimum atomic E-state index is -4.17. The van der Waals surface area contributed by atoms with E-state index >= 15 is 0 Å². The molecule has 0 aliphatic rings. The molecular weight excluding hydrogens is 181 g/mol. The van der Waals surface area contributed by atoms with Crippen molar-refractivity contribution in [3.05, 3.63) is 0 Å². The summed E-state index contributed by atoms with van der Waals surface area (Å²) in [5, 5.41) is 0. The lowest BCUT2D eigenvalue weighted by molar-refractivity contribution is -0.173. The molecule has 13 heavy (non-hydrogen) atoms. The second kappa shape index (κ2) is 14.3. The van der Waals surface area contributed by atoms with E-state index < -0.39 is 12.8 Å². The van der Waals surface area contributed by atoms with E-state index in [1.54, 1.807) is 6.92 Å². The van der Waals surface area contributed by atoms with Crippen LogP contribution in [0.15, 0.2) is 0 Å². The predicted octanol–water partition coefficient (Wildman–Crippen LogP) is 4.03. The lowest BCUT2D eigenvalue weighted by Gasteiger charge is -2.04. The van der Waals surface area contributed by atoms with Gasteiger partial charge in [0, 0.05) is 6.61 Å². The monoisotopic (exact) mass is 202 g/mol. The first-order valence-electron chi connectivity index (χ1n) is 4.70. The van der Waals surface area contributed by atoms with E-state index in [1.807, 2.05) is 27.7 Å². The Morgan fingerprint density at radius 2 is 1.38 bits per heavy atom. The number of rotatable bonds is 3. The fourth-order valence-corrected chi connectivity index (χ4v) is 0.332. The first-order chi connectivity index (χ1) is 6.06. The molecule has 84 valence electrons. The summed E-state index contributed by atoms with van der Waals surface area (Å²) in [5.74, 6) is 0. The predicted molar refractivity (Wildman–Crippen MR) is 49.9 cm³/mol. The van der Waals surface area contributed by atoms with E-state index in [1.165, 1.54) is 0 Å². The Morgan fingerprint density at radius 1 is 1.00 bits per heavy atom. The number of hydrogen-bond donors (Lipinski definition) is 0. The first-order valence-corrected chi connectivity index (χ1v) is 4.70. The molecule has 0 rings (SSSR count). The maximum Gasteiger partial charge on any atom is 0.411 e. The van der Waals surface area contributed by atoms with Crippen LogP contribution >= 0.6 is 0 Å². The third-order valence-electron chi connectivity index (χ3n) is 0.614. The molecule has 0 heterocycles. The van der Waals surface area contributed by atoms with Crippen LogP contribution in [-0.2, 0) is 4.74 Å². The molecular formula is C9H21F3O. The number of ether oxygens (including phenoxy) is 1. The zero-order valence-corrected chi connectivity index (χ0v) is 9.16. The van der Waals surface area contributed by atoms with Crippen molar-refractivity contribution in [1.82, 2.24) is 0 Å². The maximum atomic E-state index is 11.3. The largest absolute Gasteiger partial charge is 0.411 e. The zero-order valence-electron chi connectivity index (χ0n) is 9.16. The fraction of sp³-hybridized carbons (Fsp3) is 1.00. The van der Waals surface area contributed by atoms with Crippen LogP contribution in [0.1, 0.15) is 41.0 Å². The summed E-state index contributed by atoms with van der Waals surface area (Å²) in [6.45, 7) is 8.82. The van der Waals surface area contributed by atoms with Crippen LogP contribution in [-0.4, -0.2) is 19.4 Å². The Labute approximate surface area is 79.3 Å². The van der Waals surface area contributed by atoms with Crippen LogP contribution in [0.3, 0.4) is 0 Å². The summed E-state index contributed by atoms with van der Waals surface area (Å²) >= 11 is 0. The Bertz CT molecular complexity index is 71.8. The summed E-state index contributed by atoms with van der Waals surface area (Å²) in [7, 11) is 0. The summed E-state index contributed by atoms with van der Waals surface area (Å²) in [6, 6.07) is 0. The van der Waals surface area contributed by atoms with Crippen LogP contribution in [0.25, 0.3) is 0 Å². The second-order valence-corrected chi connectivity index (χ2v) is 1.67. The van der Waals surface area contributed by atoms with Gasteiger partial charge < -0.3 is 4.74 Å². The molecule has 0 saturated carbocycles. The molecule has 0 atom stereocenters. The van der Waals surface area contributed by atoms with Crippen LogP contribution < -0.4 is 0 Å². The molecule has 0 amide bonds. The van der Waals surface area contributed by atoms with E-state index in [2.05, 4.69) is 4.74 Å². The Kier molecular flexibility index (Phi) is 20.3. The summed E-state index contributed by atoms with van der Waals surface area (Å²) in [5.41, 5.74) is 0. The molecule has 0 N–H and O–H groups in total. The summed E-state index contributed by atoms with van der Waals surface area (Å²) in [6.07, 6.45) is -3.55. The summed E-state index contributed by atoms with van der Waals surface area (Å²) in [4.78, 5) is 0. The van der Waals surface area contributed by atoms with Gasteiger partial charge in [-0.3, -0.25) is 0 Å². The smallest absolute Gasteiger partial charge is 0.372 e. The van der Waals surface area contributed by atoms with Crippen molar-refractivity contribution < 1.29 is 17.9 Å². The van der Waals surface area contributed by atoms with Gasteiger partial charge in [-0.2, -0.15) is 13.2 Å². The molecule has 0 bridgehead atoms. The standard InChI is InChI=1S/C5H9F3O.2C2H6/c1-2-3-9-4-5(6,7)8;2*1-2/h2-4H2,1H3;2*1-2H3. The van der Waals surface area contributed by atoms with Crippen molar-refractivity contribution in [1.29, 1.82) is 0 Å². The lowest BCUT2D eigenvalue weighted by atomic mass is 10.5. The van der Waals surface area contributed by atoms with Crippen LogP contribution in [0.2, 0.25) is 0 Å². The van der Waals surface area contributed by atoms with Gasteiger partial charge in [-0.1, -0.05) is 34.6 Å². The van der Waals surface area contributed by atoms with Crippen molar-refractivity contribution in [2.24, 2.45) is 0 Å². The molecule has 4 heteroatoms. The molecule has 0 spiro atoms. The molecule has 1 nitrogen and oxygen atoms in total. The van der Waals surface area contributed by atoms with Gasteiger partial charge in [0.1, 0.15) is 6.61 Å². The highest BCUT2D eigenvalue weighted by atomic mass is 19.4. The van der Waals surface area contributed by atoms with Crippen molar-refractivity contribution in [2.75, 3.05) is 13.2 Å². The van der Waals surface area contributed by atoms with Gasteiger partial charge in [-0.05, 0) is 6.42 Å². The Balaban J connectivity index is -0.000000218. The van der Waals surface area contributed by atoms with E-state index in [0.29, 0.717) is 6.42 Å². The fourth-order valence-electron chi connectivity index (χ4n) is 0.332. The van der Waals surface area contributed by atoms with E-state index in [4.69, 9.17) is 0 Å². The highest BCUT2D eigenvalue weighted by Crippen LogP contribution is 2.14. The molecule has 0 aromatic heterocycles. The van der Waals surface area contributed by atoms with Gasteiger partial charge in [-0.25, -0.2) is 0 Å². The quantitative estimate of drug-likeness (QED) is 0.628. The Hall–Kier alpha value is -0.250. The molecule has 0 aromatic rings. The van der Waals surface area contributed by atoms with Gasteiger partial charge in [0.25, 0.3) is 0 Å². The van der Waals surface area contributed by atoms with E-state index in [0.717, 1.165) is 0 Å². The van der Waals surface area contributed by atoms with E-state index in [9.17, 15) is 13.2 Å². The molecule has 0 radical (unpaired) electrons. The van der Waals surface area contributed by atoms with Crippen molar-refractivity contribution >= 4 is 0 Å². The van der Waals surface area contributed by atoms with Gasteiger partial charge in [-0.15, -0.1) is 0 Å². The highest BCUT2D eigenvalue weighted by molar-refractivity contribution is 4.44. The highest BCUT2D eigenvalue weighted by Gasteiger charge is 2.26. The second-order valence-electron chi connectivity index (χ2n) is 1.67. The van der Waals surface area contributed by atoms with Crippen molar-refractivity contribution in [2.45, 2.75) is 47.2 Å². The van der Waals surface area contributed by atoms with Gasteiger partial charge in [0.15, 0.2) is 0 Å². The molecule has 0 aliphatic carbocycles. The molecule has 0 fully saturated rings. The normalized spacial score (nSPS) is 9.23. The average molecular weight is 202 g/mol. The lowest BCUT2D eigenvalue weighted by Crippen LogP contribution is -2.17. The minimum Gasteiger partial charge on any atom is -0.372 e.